The molecule has 0 aromatic rings. The molecule has 0 aliphatic rings. The van der Waals surface area contributed by atoms with Crippen LogP contribution in [0.1, 0.15) is 0 Å². The average molecular weight is 159 g/mol. The minimum absolute atomic E-state index is 0. The molecular weight excluding hydrogens is 154 g/mol. The van der Waals surface area contributed by atoms with Crippen LogP contribution in [0, 0.1) is 0 Å². The van der Waals surface area contributed by atoms with Crippen molar-refractivity contribution in [3.8, 4) is 0 Å². The molecule has 1 radical (unpaired) electrons. The molecule has 0 amide bonds. The molecule has 0 aliphatic heterocycles. The Kier molecular flexibility index (Phi) is 127. The van der Waals surface area contributed by atoms with Crippen LogP contribution in [0.2, 0.25) is 0 Å². The Morgan fingerprint density at radius 1 is 1.25 bits per heavy atom. The third-order valence-electron chi connectivity index (χ3n) is 0. The van der Waals surface area contributed by atoms with Crippen LogP contribution >= 0.6 is 0 Å². The van der Waals surface area contributed by atoms with Gasteiger partial charge in [0.25, 0.3) is 0 Å². The summed E-state index contributed by atoms with van der Waals surface area (Å²) in [5, 5.41) is 0. The predicted molar refractivity (Wildman–Crippen MR) is 18.5 cm³/mol. The van der Waals surface area contributed by atoms with Gasteiger partial charge in [0.05, 0.1) is 7.44 Å². The largest absolute Gasteiger partial charge is 0.0852 e. The molecule has 0 N–H and O–H groups in total. The molecule has 29 valence electrons. The van der Waals surface area contributed by atoms with Gasteiger partial charge >= 0.3 is 0 Å². The Bertz CT molecular complexity index is 8.00. The van der Waals surface area contributed by atoms with E-state index >= 15 is 0 Å². The van der Waals surface area contributed by atoms with Gasteiger partial charge in [0.1, 0.15) is 0 Å². The molecule has 4 heteroatoms. The van der Waals surface area contributed by atoms with E-state index in [-0.39, 0.29) is 33.8 Å². The Balaban J connectivity index is -0.00000000500. The van der Waals surface area contributed by atoms with Gasteiger partial charge in [-0.05, 0) is 10.1 Å². The summed E-state index contributed by atoms with van der Waals surface area (Å²) in [6, 6.07) is 0. The molecule has 0 bridgehead atoms. The molecule has 0 aromatic carbocycles. The number of hydrogen-bond donors (Lipinski definition) is 0. The minimum Gasteiger partial charge on any atom is -0.0304 e. The second-order valence-electron chi connectivity index (χ2n) is 0. The van der Waals surface area contributed by atoms with Gasteiger partial charge < -0.3 is 0 Å². The first-order valence-corrected chi connectivity index (χ1v) is 3.00. The van der Waals surface area contributed by atoms with Crippen molar-refractivity contribution >= 4 is 17.6 Å². The van der Waals surface area contributed by atoms with E-state index in [9.17, 15) is 0 Å². The molecular formula is H5BCoFeSi. The molecule has 0 rings (SSSR count). The molecule has 0 unspecified atom stereocenters. The predicted octanol–water partition coefficient (Wildman–Crippen LogP) is -2.11. The van der Waals surface area contributed by atoms with Crippen molar-refractivity contribution in [2.24, 2.45) is 0 Å². The first kappa shape index (κ1) is 18.5. The Morgan fingerprint density at radius 2 is 1.25 bits per heavy atom. The van der Waals surface area contributed by atoms with Crippen LogP contribution < -0.4 is 0 Å². The van der Waals surface area contributed by atoms with E-state index in [1.54, 1.807) is 0 Å². The van der Waals surface area contributed by atoms with Crippen molar-refractivity contribution in [2.75, 3.05) is 0 Å². The van der Waals surface area contributed by atoms with E-state index in [2.05, 4.69) is 7.44 Å². The van der Waals surface area contributed by atoms with Crippen LogP contribution in [0.4, 0.5) is 0 Å². The fourth-order valence-corrected chi connectivity index (χ4v) is 0. The van der Waals surface area contributed by atoms with Gasteiger partial charge in [-0.3, -0.25) is 0 Å². The van der Waals surface area contributed by atoms with E-state index in [1.165, 1.54) is 10.1 Å². The van der Waals surface area contributed by atoms with E-state index in [4.69, 9.17) is 0 Å². The molecule has 0 aromatic heterocycles. The van der Waals surface area contributed by atoms with Gasteiger partial charge in [0, 0.05) is 33.8 Å². The van der Waals surface area contributed by atoms with Gasteiger partial charge in [-0.15, -0.1) is 0 Å². The monoisotopic (exact) mass is 159 g/mol. The standard InChI is InChI=1S/BH5Si.Co.Fe/c1-2;;/h1H2,2H3;;. The van der Waals surface area contributed by atoms with Crippen LogP contribution in [-0.4, -0.2) is 17.6 Å². The van der Waals surface area contributed by atoms with Gasteiger partial charge in [-0.1, -0.05) is 0 Å². The van der Waals surface area contributed by atoms with Crippen LogP contribution in [-0.2, 0) is 33.8 Å². The van der Waals surface area contributed by atoms with E-state index in [0.717, 1.165) is 0 Å². The first-order chi connectivity index (χ1) is 1.00. The number of rotatable bonds is 0. The minimum atomic E-state index is 0. The molecule has 0 fully saturated rings. The molecule has 0 spiro atoms. The smallest absolute Gasteiger partial charge is 0.0304 e. The molecule has 4 heavy (non-hydrogen) atoms. The Hall–Kier alpha value is 1.31. The zero-order valence-corrected chi connectivity index (χ0v) is 6.83. The van der Waals surface area contributed by atoms with E-state index in [1.807, 2.05) is 0 Å². The van der Waals surface area contributed by atoms with Crippen LogP contribution in [0.25, 0.3) is 0 Å². The summed E-state index contributed by atoms with van der Waals surface area (Å²) in [5.41, 5.74) is 0. The van der Waals surface area contributed by atoms with E-state index in [0.29, 0.717) is 0 Å². The SMILES string of the molecule is B[SiH3].[Co].[Fe]. The summed E-state index contributed by atoms with van der Waals surface area (Å²) in [6.45, 7) is 0. The molecule has 0 nitrogen and oxygen atoms in total. The molecule has 0 aliphatic carbocycles. The summed E-state index contributed by atoms with van der Waals surface area (Å²) >= 11 is 0. The van der Waals surface area contributed by atoms with Crippen molar-refractivity contribution in [1.82, 2.24) is 0 Å². The summed E-state index contributed by atoms with van der Waals surface area (Å²) in [5.74, 6) is 0. The fraction of sp³-hybridized carbons (Fsp3) is 0. The topological polar surface area (TPSA) is 0 Å². The zero-order chi connectivity index (χ0) is 2.00. The van der Waals surface area contributed by atoms with E-state index < -0.39 is 0 Å². The maximum atomic E-state index is 2.14. The maximum Gasteiger partial charge on any atom is 0.0852 e. The van der Waals surface area contributed by atoms with Gasteiger partial charge in [0.15, 0.2) is 0 Å². The van der Waals surface area contributed by atoms with Crippen LogP contribution in [0.3, 0.4) is 0 Å². The van der Waals surface area contributed by atoms with Crippen molar-refractivity contribution in [2.45, 2.75) is 0 Å². The van der Waals surface area contributed by atoms with Crippen molar-refractivity contribution in [3.05, 3.63) is 0 Å². The fourth-order valence-electron chi connectivity index (χ4n) is 0. The summed E-state index contributed by atoms with van der Waals surface area (Å²) in [7, 11) is 3.44. The average Bonchev–Trinajstić information content (AvgIpc) is 1.00. The van der Waals surface area contributed by atoms with Crippen molar-refractivity contribution in [1.29, 1.82) is 0 Å². The Morgan fingerprint density at radius 3 is 1.25 bits per heavy atom. The second-order valence-corrected chi connectivity index (χ2v) is 0. The van der Waals surface area contributed by atoms with Crippen LogP contribution in [0.5, 0.6) is 0 Å². The van der Waals surface area contributed by atoms with Gasteiger partial charge in [0.2, 0.25) is 0 Å². The zero-order valence-electron chi connectivity index (χ0n) is 2.69. The van der Waals surface area contributed by atoms with Gasteiger partial charge in [-0.2, -0.15) is 0 Å². The van der Waals surface area contributed by atoms with Gasteiger partial charge in [-0.25, -0.2) is 0 Å². The molecule has 0 atom stereocenters. The normalized spacial score (nSPS) is 2.00. The van der Waals surface area contributed by atoms with Crippen molar-refractivity contribution in [3.63, 3.8) is 0 Å². The third-order valence-corrected chi connectivity index (χ3v) is 0. The summed E-state index contributed by atoms with van der Waals surface area (Å²) in [6.07, 6.45) is 0. The second kappa shape index (κ2) is 27.6. The Labute approximate surface area is 51.6 Å². The molecule has 0 saturated heterocycles. The molecule has 0 heterocycles. The summed E-state index contributed by atoms with van der Waals surface area (Å²) in [4.78, 5) is 0. The molecule has 0 saturated carbocycles. The third kappa shape index (κ3) is 10.3. The quantitative estimate of drug-likeness (QED) is 0.355. The first-order valence-electron chi connectivity index (χ1n) is 1.00. The summed E-state index contributed by atoms with van der Waals surface area (Å²) < 4.78 is 0. The maximum absolute atomic E-state index is 2.14. The van der Waals surface area contributed by atoms with Crippen molar-refractivity contribution < 1.29 is 33.8 Å². The number of hydrogen-bond acceptors (Lipinski definition) is 0. The van der Waals surface area contributed by atoms with Crippen LogP contribution in [0.15, 0.2) is 0 Å².